The normalized spacial score (nSPS) is 11.0. The van der Waals surface area contributed by atoms with Crippen LogP contribution in [0.15, 0.2) is 71.5 Å². The van der Waals surface area contributed by atoms with Crippen LogP contribution in [0.25, 0.3) is 28.3 Å². The summed E-state index contributed by atoms with van der Waals surface area (Å²) in [6, 6.07) is 13.8. The Morgan fingerprint density at radius 3 is 2.50 bits per heavy atom. The van der Waals surface area contributed by atoms with Crippen molar-refractivity contribution in [2.45, 2.75) is 6.61 Å². The first-order valence-corrected chi connectivity index (χ1v) is 7.95. The van der Waals surface area contributed by atoms with Gasteiger partial charge in [0.25, 0.3) is 0 Å². The topological polar surface area (TPSA) is 51.2 Å². The molecule has 0 radical (unpaired) electrons. The Bertz CT molecular complexity index is 1040. The summed E-state index contributed by atoms with van der Waals surface area (Å²) in [5.74, 6) is -0.308. The third kappa shape index (κ3) is 2.80. The van der Waals surface area contributed by atoms with Crippen molar-refractivity contribution < 1.29 is 18.3 Å². The maximum absolute atomic E-state index is 14.7. The number of rotatable bonds is 4. The van der Waals surface area contributed by atoms with Crippen LogP contribution in [0.5, 0.6) is 0 Å². The molecule has 0 fully saturated rings. The summed E-state index contributed by atoms with van der Waals surface area (Å²) in [6.07, 6.45) is 3.04. The Morgan fingerprint density at radius 2 is 1.85 bits per heavy atom. The van der Waals surface area contributed by atoms with Gasteiger partial charge in [0, 0.05) is 17.2 Å². The largest absolute Gasteiger partial charge is 0.463 e. The predicted octanol–water partition coefficient (Wildman–Crippen LogP) is 4.57. The van der Waals surface area contributed by atoms with E-state index in [0.717, 1.165) is 0 Å². The van der Waals surface area contributed by atoms with Crippen LogP contribution in [0, 0.1) is 11.6 Å². The molecule has 0 saturated heterocycles. The van der Waals surface area contributed by atoms with Gasteiger partial charge in [-0.25, -0.2) is 13.5 Å². The molecule has 1 N–H and O–H groups in total. The first kappa shape index (κ1) is 16.2. The summed E-state index contributed by atoms with van der Waals surface area (Å²) in [7, 11) is 0. The molecule has 0 aliphatic rings. The highest BCUT2D eigenvalue weighted by Gasteiger charge is 2.17. The number of benzene rings is 2. The molecular weight excluding hydrogens is 338 g/mol. The number of hydrogen-bond donors (Lipinski definition) is 1. The van der Waals surface area contributed by atoms with E-state index in [-0.39, 0.29) is 12.4 Å². The van der Waals surface area contributed by atoms with Gasteiger partial charge in [-0.3, -0.25) is 0 Å². The fraction of sp³-hybridized carbons (Fsp3) is 0.0500. The molecule has 0 unspecified atom stereocenters. The van der Waals surface area contributed by atoms with Crippen LogP contribution in [-0.4, -0.2) is 14.9 Å². The highest BCUT2D eigenvalue weighted by molar-refractivity contribution is 5.67. The number of aromatic nitrogens is 2. The highest BCUT2D eigenvalue weighted by Crippen LogP contribution is 2.30. The summed E-state index contributed by atoms with van der Waals surface area (Å²) in [6.45, 7) is -0.216. The van der Waals surface area contributed by atoms with Crippen molar-refractivity contribution in [1.82, 2.24) is 9.78 Å². The van der Waals surface area contributed by atoms with Gasteiger partial charge in [-0.1, -0.05) is 12.1 Å². The summed E-state index contributed by atoms with van der Waals surface area (Å²) in [5, 5.41) is 13.8. The van der Waals surface area contributed by atoms with Gasteiger partial charge in [-0.05, 0) is 42.0 Å². The Morgan fingerprint density at radius 1 is 1.04 bits per heavy atom. The van der Waals surface area contributed by atoms with Crippen LogP contribution < -0.4 is 0 Å². The zero-order valence-electron chi connectivity index (χ0n) is 13.6. The molecule has 4 aromatic rings. The lowest BCUT2D eigenvalue weighted by molar-refractivity contribution is 0.282. The molecule has 0 spiro atoms. The van der Waals surface area contributed by atoms with Gasteiger partial charge in [0.2, 0.25) is 0 Å². The lowest BCUT2D eigenvalue weighted by Gasteiger charge is -2.10. The molecule has 130 valence electrons. The van der Waals surface area contributed by atoms with Crippen LogP contribution in [0.4, 0.5) is 8.78 Å². The van der Waals surface area contributed by atoms with E-state index in [1.807, 2.05) is 0 Å². The zero-order valence-corrected chi connectivity index (χ0v) is 13.6. The van der Waals surface area contributed by atoms with E-state index in [1.165, 1.54) is 47.5 Å². The molecule has 0 bridgehead atoms. The third-order valence-corrected chi connectivity index (χ3v) is 4.12. The summed E-state index contributed by atoms with van der Waals surface area (Å²) in [5.41, 5.74) is 2.56. The standard InChI is InChI=1S/C20H14F2N2O2/c21-15-5-3-13(4-6-15)17-8-7-16(10-18(17)22)24-20(14(12-25)11-23-24)19-2-1-9-26-19/h1-11,25H,12H2. The second kappa shape index (κ2) is 6.57. The predicted molar refractivity (Wildman–Crippen MR) is 92.5 cm³/mol. The van der Waals surface area contributed by atoms with E-state index in [1.54, 1.807) is 24.3 Å². The first-order valence-electron chi connectivity index (χ1n) is 7.95. The van der Waals surface area contributed by atoms with E-state index >= 15 is 0 Å². The van der Waals surface area contributed by atoms with E-state index in [2.05, 4.69) is 5.10 Å². The van der Waals surface area contributed by atoms with Crippen molar-refractivity contribution in [2.24, 2.45) is 0 Å². The number of halogens is 2. The molecule has 2 aromatic heterocycles. The monoisotopic (exact) mass is 352 g/mol. The fourth-order valence-corrected chi connectivity index (χ4v) is 2.87. The average Bonchev–Trinajstić information content (AvgIpc) is 3.31. The van der Waals surface area contributed by atoms with E-state index in [0.29, 0.717) is 33.8 Å². The van der Waals surface area contributed by atoms with Gasteiger partial charge in [0.15, 0.2) is 5.76 Å². The average molecular weight is 352 g/mol. The summed E-state index contributed by atoms with van der Waals surface area (Å²) in [4.78, 5) is 0. The van der Waals surface area contributed by atoms with Crippen LogP contribution in [0.2, 0.25) is 0 Å². The smallest absolute Gasteiger partial charge is 0.152 e. The fourth-order valence-electron chi connectivity index (χ4n) is 2.87. The van der Waals surface area contributed by atoms with Crippen molar-refractivity contribution >= 4 is 0 Å². The van der Waals surface area contributed by atoms with Gasteiger partial charge in [-0.2, -0.15) is 5.10 Å². The van der Waals surface area contributed by atoms with Gasteiger partial charge in [0.1, 0.15) is 17.3 Å². The van der Waals surface area contributed by atoms with Crippen LogP contribution in [0.3, 0.4) is 0 Å². The van der Waals surface area contributed by atoms with Crippen LogP contribution in [-0.2, 0) is 6.61 Å². The lowest BCUT2D eigenvalue weighted by Crippen LogP contribution is -2.01. The molecule has 26 heavy (non-hydrogen) atoms. The molecule has 0 aliphatic carbocycles. The maximum Gasteiger partial charge on any atom is 0.152 e. The SMILES string of the molecule is OCc1cnn(-c2ccc(-c3ccc(F)cc3)c(F)c2)c1-c1ccco1. The maximum atomic E-state index is 14.7. The summed E-state index contributed by atoms with van der Waals surface area (Å²) >= 11 is 0. The van der Waals surface area contributed by atoms with Crippen LogP contribution in [0.1, 0.15) is 5.56 Å². The molecule has 2 aromatic carbocycles. The summed E-state index contributed by atoms with van der Waals surface area (Å²) < 4.78 is 34.7. The number of furan rings is 1. The molecule has 0 amide bonds. The van der Waals surface area contributed by atoms with Crippen molar-refractivity contribution in [3.05, 3.63) is 84.3 Å². The van der Waals surface area contributed by atoms with E-state index < -0.39 is 5.82 Å². The minimum absolute atomic E-state index is 0.216. The number of nitrogens with zero attached hydrogens (tertiary/aromatic N) is 2. The Hall–Kier alpha value is -3.25. The van der Waals surface area contributed by atoms with E-state index in [9.17, 15) is 13.9 Å². The van der Waals surface area contributed by atoms with E-state index in [4.69, 9.17) is 4.42 Å². The van der Waals surface area contributed by atoms with Gasteiger partial charge in [0.05, 0.1) is 24.8 Å². The lowest BCUT2D eigenvalue weighted by atomic mass is 10.0. The number of aliphatic hydroxyl groups is 1. The Labute approximate surface area is 147 Å². The molecular formula is C20H14F2N2O2. The second-order valence-electron chi connectivity index (χ2n) is 5.74. The van der Waals surface area contributed by atoms with Gasteiger partial charge >= 0.3 is 0 Å². The van der Waals surface area contributed by atoms with Crippen molar-refractivity contribution in [2.75, 3.05) is 0 Å². The Kier molecular flexibility index (Phi) is 4.10. The number of aliphatic hydroxyl groups excluding tert-OH is 1. The second-order valence-corrected chi connectivity index (χ2v) is 5.74. The molecule has 4 rings (SSSR count). The quantitative estimate of drug-likeness (QED) is 0.585. The molecule has 0 aliphatic heterocycles. The number of hydrogen-bond acceptors (Lipinski definition) is 3. The van der Waals surface area contributed by atoms with Crippen molar-refractivity contribution in [1.29, 1.82) is 0 Å². The Balaban J connectivity index is 1.79. The minimum atomic E-state index is -0.458. The highest BCUT2D eigenvalue weighted by atomic mass is 19.1. The molecule has 0 atom stereocenters. The molecule has 2 heterocycles. The first-order chi connectivity index (χ1) is 12.7. The molecule has 6 heteroatoms. The van der Waals surface area contributed by atoms with Crippen molar-refractivity contribution in [3.63, 3.8) is 0 Å². The third-order valence-electron chi connectivity index (χ3n) is 4.12. The van der Waals surface area contributed by atoms with Crippen molar-refractivity contribution in [3.8, 4) is 28.3 Å². The molecule has 0 saturated carbocycles. The zero-order chi connectivity index (χ0) is 18.1. The van der Waals surface area contributed by atoms with Gasteiger partial charge in [-0.15, -0.1) is 0 Å². The van der Waals surface area contributed by atoms with Gasteiger partial charge < -0.3 is 9.52 Å². The minimum Gasteiger partial charge on any atom is -0.463 e. The molecule has 4 nitrogen and oxygen atoms in total. The van der Waals surface area contributed by atoms with Crippen LogP contribution >= 0.6 is 0 Å².